The number of hydrogen-bond acceptors (Lipinski definition) is 6. The molecule has 0 radical (unpaired) electrons. The summed E-state index contributed by atoms with van der Waals surface area (Å²) < 4.78 is 10.6. The fraction of sp³-hybridized carbons (Fsp3) is 0.778. The summed E-state index contributed by atoms with van der Waals surface area (Å²) in [6.07, 6.45) is 0. The van der Waals surface area contributed by atoms with Crippen LogP contribution >= 0.6 is 22.9 Å². The van der Waals surface area contributed by atoms with E-state index >= 15 is 0 Å². The molecule has 0 unspecified atom stereocenters. The van der Waals surface area contributed by atoms with E-state index in [2.05, 4.69) is 15.1 Å². The minimum Gasteiger partial charge on any atom is -0.383 e. The minimum absolute atomic E-state index is 0.480. The fourth-order valence-electron chi connectivity index (χ4n) is 1.20. The average Bonchev–Trinajstić information content (AvgIpc) is 2.68. The van der Waals surface area contributed by atoms with Crippen LogP contribution in [-0.2, 0) is 16.0 Å². The summed E-state index contributed by atoms with van der Waals surface area (Å²) in [5.74, 6) is 0. The number of ether oxygens (including phenoxy) is 2. The van der Waals surface area contributed by atoms with Crippen molar-refractivity contribution in [2.75, 3.05) is 40.5 Å². The predicted octanol–water partition coefficient (Wildman–Crippen LogP) is 1.29. The second-order valence-corrected chi connectivity index (χ2v) is 4.85. The quantitative estimate of drug-likeness (QED) is 0.709. The van der Waals surface area contributed by atoms with Crippen LogP contribution in [0.15, 0.2) is 0 Å². The molecule has 0 saturated carbocycles. The van der Waals surface area contributed by atoms with Crippen molar-refractivity contribution in [3.63, 3.8) is 0 Å². The first-order valence-corrected chi connectivity index (χ1v) is 6.13. The summed E-state index contributed by atoms with van der Waals surface area (Å²) in [5.41, 5.74) is 0. The van der Waals surface area contributed by atoms with Gasteiger partial charge in [-0.25, -0.2) is 0 Å². The van der Waals surface area contributed by atoms with Crippen LogP contribution in [0.5, 0.6) is 0 Å². The molecule has 0 bridgehead atoms. The van der Waals surface area contributed by atoms with Crippen LogP contribution in [-0.4, -0.2) is 55.6 Å². The molecule has 0 aliphatic rings. The molecule has 1 aromatic rings. The van der Waals surface area contributed by atoms with E-state index in [-0.39, 0.29) is 0 Å². The average molecular weight is 266 g/mol. The summed E-state index contributed by atoms with van der Waals surface area (Å²) in [6.45, 7) is 3.80. The Bertz CT molecular complexity index is 290. The largest absolute Gasteiger partial charge is 0.383 e. The number of nitrogens with zero attached hydrogens (tertiary/aromatic N) is 3. The van der Waals surface area contributed by atoms with Crippen LogP contribution in [0.3, 0.4) is 0 Å². The number of hydrogen-bond donors (Lipinski definition) is 0. The molecule has 0 amide bonds. The molecule has 0 N–H and O–H groups in total. The highest BCUT2D eigenvalue weighted by molar-refractivity contribution is 7.15. The number of methoxy groups -OCH3 is 2. The van der Waals surface area contributed by atoms with Crippen LogP contribution in [0.2, 0.25) is 4.47 Å². The highest BCUT2D eigenvalue weighted by atomic mass is 35.5. The van der Waals surface area contributed by atoms with Crippen molar-refractivity contribution in [1.29, 1.82) is 0 Å². The molecule has 0 saturated heterocycles. The van der Waals surface area contributed by atoms with Crippen LogP contribution in [0.25, 0.3) is 0 Å². The molecule has 1 heterocycles. The maximum atomic E-state index is 5.73. The smallest absolute Gasteiger partial charge is 0.207 e. The van der Waals surface area contributed by atoms with Crippen LogP contribution in [0.4, 0.5) is 0 Å². The Hall–Kier alpha value is -0.270. The van der Waals surface area contributed by atoms with Gasteiger partial charge in [-0.3, -0.25) is 4.90 Å². The lowest BCUT2D eigenvalue weighted by Crippen LogP contribution is -2.30. The van der Waals surface area contributed by atoms with E-state index in [1.165, 1.54) is 11.3 Å². The van der Waals surface area contributed by atoms with Crippen LogP contribution in [0.1, 0.15) is 5.01 Å². The van der Waals surface area contributed by atoms with E-state index in [4.69, 9.17) is 21.1 Å². The Labute approximate surface area is 104 Å². The van der Waals surface area contributed by atoms with E-state index in [0.717, 1.165) is 24.6 Å². The van der Waals surface area contributed by atoms with Gasteiger partial charge >= 0.3 is 0 Å². The second-order valence-electron chi connectivity index (χ2n) is 3.21. The summed E-state index contributed by atoms with van der Waals surface area (Å²) in [7, 11) is 3.38. The standard InChI is InChI=1S/C9H16ClN3O2S/c1-14-5-3-13(4-6-15-2)7-8-11-12-9(10)16-8/h3-7H2,1-2H3. The lowest BCUT2D eigenvalue weighted by atomic mass is 10.4. The maximum absolute atomic E-state index is 5.73. The first kappa shape index (κ1) is 13.8. The Balaban J connectivity index is 2.41. The fourth-order valence-corrected chi connectivity index (χ4v) is 2.11. The van der Waals surface area contributed by atoms with Gasteiger partial charge in [0.05, 0.1) is 19.8 Å². The van der Waals surface area contributed by atoms with E-state index in [0.29, 0.717) is 17.7 Å². The molecule has 5 nitrogen and oxygen atoms in total. The molecule has 0 fully saturated rings. The molecule has 92 valence electrons. The lowest BCUT2D eigenvalue weighted by molar-refractivity contribution is 0.110. The van der Waals surface area contributed by atoms with Gasteiger partial charge in [0.1, 0.15) is 5.01 Å². The third-order valence-electron chi connectivity index (χ3n) is 2.02. The number of rotatable bonds is 8. The van der Waals surface area contributed by atoms with E-state index in [1.54, 1.807) is 14.2 Å². The Morgan fingerprint density at radius 3 is 2.25 bits per heavy atom. The summed E-state index contributed by atoms with van der Waals surface area (Å²) in [4.78, 5) is 2.20. The van der Waals surface area contributed by atoms with Crippen molar-refractivity contribution in [3.8, 4) is 0 Å². The SMILES string of the molecule is COCCN(CCOC)Cc1nnc(Cl)s1. The molecular weight excluding hydrogens is 250 g/mol. The Morgan fingerprint density at radius 2 is 1.81 bits per heavy atom. The van der Waals surface area contributed by atoms with Gasteiger partial charge in [0.25, 0.3) is 0 Å². The number of aromatic nitrogens is 2. The zero-order valence-corrected chi connectivity index (χ0v) is 11.1. The molecular formula is C9H16ClN3O2S. The molecule has 7 heteroatoms. The van der Waals surface area contributed by atoms with E-state index < -0.39 is 0 Å². The molecule has 0 spiro atoms. The van der Waals surface area contributed by atoms with Crippen molar-refractivity contribution in [2.45, 2.75) is 6.54 Å². The normalized spacial score (nSPS) is 11.2. The Kier molecular flexibility index (Phi) is 6.82. The maximum Gasteiger partial charge on any atom is 0.207 e. The molecule has 0 aliphatic heterocycles. The van der Waals surface area contributed by atoms with Gasteiger partial charge in [-0.15, -0.1) is 10.2 Å². The molecule has 0 aliphatic carbocycles. The first-order valence-electron chi connectivity index (χ1n) is 4.94. The van der Waals surface area contributed by atoms with Crippen molar-refractivity contribution >= 4 is 22.9 Å². The minimum atomic E-state index is 0.480. The predicted molar refractivity (Wildman–Crippen MR) is 63.9 cm³/mol. The van der Waals surface area contributed by atoms with Crippen LogP contribution in [0, 0.1) is 0 Å². The molecule has 0 aromatic carbocycles. The van der Waals surface area contributed by atoms with Crippen molar-refractivity contribution < 1.29 is 9.47 Å². The monoisotopic (exact) mass is 265 g/mol. The summed E-state index contributed by atoms with van der Waals surface area (Å²) in [5, 5.41) is 8.67. The molecule has 0 atom stereocenters. The zero-order chi connectivity index (χ0) is 11.8. The topological polar surface area (TPSA) is 47.5 Å². The van der Waals surface area contributed by atoms with Gasteiger partial charge in [-0.05, 0) is 11.6 Å². The summed E-state index contributed by atoms with van der Waals surface area (Å²) >= 11 is 7.13. The highest BCUT2D eigenvalue weighted by Gasteiger charge is 2.09. The van der Waals surface area contributed by atoms with Gasteiger partial charge < -0.3 is 9.47 Å². The lowest BCUT2D eigenvalue weighted by Gasteiger charge is -2.19. The van der Waals surface area contributed by atoms with Crippen molar-refractivity contribution in [2.24, 2.45) is 0 Å². The third kappa shape index (κ3) is 5.18. The molecule has 16 heavy (non-hydrogen) atoms. The third-order valence-corrected chi connectivity index (χ3v) is 3.03. The van der Waals surface area contributed by atoms with Gasteiger partial charge in [0, 0.05) is 27.3 Å². The van der Waals surface area contributed by atoms with Gasteiger partial charge in [0.2, 0.25) is 4.47 Å². The van der Waals surface area contributed by atoms with Gasteiger partial charge in [-0.1, -0.05) is 11.3 Å². The van der Waals surface area contributed by atoms with Crippen molar-refractivity contribution in [1.82, 2.24) is 15.1 Å². The molecule has 1 aromatic heterocycles. The number of halogens is 1. The van der Waals surface area contributed by atoms with E-state index in [1.807, 2.05) is 0 Å². The van der Waals surface area contributed by atoms with Gasteiger partial charge in [0.15, 0.2) is 0 Å². The first-order chi connectivity index (χ1) is 7.76. The van der Waals surface area contributed by atoms with Crippen molar-refractivity contribution in [3.05, 3.63) is 9.47 Å². The zero-order valence-electron chi connectivity index (χ0n) is 9.48. The summed E-state index contributed by atoms with van der Waals surface area (Å²) in [6, 6.07) is 0. The molecule has 1 rings (SSSR count). The van der Waals surface area contributed by atoms with E-state index in [9.17, 15) is 0 Å². The highest BCUT2D eigenvalue weighted by Crippen LogP contribution is 2.16. The van der Waals surface area contributed by atoms with Gasteiger partial charge in [-0.2, -0.15) is 0 Å². The Morgan fingerprint density at radius 1 is 1.19 bits per heavy atom. The van der Waals surface area contributed by atoms with Crippen LogP contribution < -0.4 is 0 Å². The second kappa shape index (κ2) is 7.92.